The zero-order chi connectivity index (χ0) is 16.7. The molecule has 1 atom stereocenters. The Hall–Kier alpha value is -1.55. The molecule has 4 nitrogen and oxygen atoms in total. The molecule has 5 heteroatoms. The lowest BCUT2D eigenvalue weighted by Gasteiger charge is -2.31. The summed E-state index contributed by atoms with van der Waals surface area (Å²) < 4.78 is 5.07. The van der Waals surface area contributed by atoms with E-state index in [9.17, 15) is 9.59 Å². The van der Waals surface area contributed by atoms with E-state index in [1.54, 1.807) is 6.92 Å². The van der Waals surface area contributed by atoms with Crippen molar-refractivity contribution in [2.24, 2.45) is 5.92 Å². The zero-order valence-electron chi connectivity index (χ0n) is 13.6. The normalized spacial score (nSPS) is 17.8. The first-order valence-corrected chi connectivity index (χ1v) is 8.66. The van der Waals surface area contributed by atoms with Gasteiger partial charge in [-0.25, -0.2) is 0 Å². The Bertz CT molecular complexity index is 530. The van der Waals surface area contributed by atoms with Crippen molar-refractivity contribution in [3.05, 3.63) is 34.9 Å². The monoisotopic (exact) mass is 337 g/mol. The number of likely N-dealkylation sites (tertiary alicyclic amines) is 1. The van der Waals surface area contributed by atoms with Gasteiger partial charge < -0.3 is 9.64 Å². The van der Waals surface area contributed by atoms with Gasteiger partial charge in [-0.1, -0.05) is 23.7 Å². The number of amides is 1. The standard InChI is InChI=1S/C18H24ClNO3/c1-2-23-18(22)15-6-4-12-20(13-15)17(21)7-3-5-14-8-10-16(19)11-9-14/h8-11,15H,2-7,12-13H2,1H3. The van der Waals surface area contributed by atoms with Gasteiger partial charge in [0.2, 0.25) is 5.91 Å². The van der Waals surface area contributed by atoms with Crippen molar-refractivity contribution in [2.75, 3.05) is 19.7 Å². The first-order valence-electron chi connectivity index (χ1n) is 8.29. The van der Waals surface area contributed by atoms with Crippen LogP contribution in [0.5, 0.6) is 0 Å². The smallest absolute Gasteiger partial charge is 0.310 e. The fraction of sp³-hybridized carbons (Fsp3) is 0.556. The van der Waals surface area contributed by atoms with Gasteiger partial charge in [0.25, 0.3) is 0 Å². The van der Waals surface area contributed by atoms with Gasteiger partial charge in [-0.3, -0.25) is 9.59 Å². The van der Waals surface area contributed by atoms with E-state index in [0.29, 0.717) is 19.6 Å². The summed E-state index contributed by atoms with van der Waals surface area (Å²) in [5.41, 5.74) is 1.19. The van der Waals surface area contributed by atoms with E-state index in [1.807, 2.05) is 29.2 Å². The summed E-state index contributed by atoms with van der Waals surface area (Å²) >= 11 is 5.86. The Labute approximate surface area is 142 Å². The van der Waals surface area contributed by atoms with Crippen LogP contribution in [0.25, 0.3) is 0 Å². The lowest BCUT2D eigenvalue weighted by molar-refractivity contribution is -0.151. The largest absolute Gasteiger partial charge is 0.466 e. The van der Waals surface area contributed by atoms with Crippen LogP contribution in [0.4, 0.5) is 0 Å². The van der Waals surface area contributed by atoms with Crippen LogP contribution in [0.1, 0.15) is 38.2 Å². The van der Waals surface area contributed by atoms with Crippen molar-refractivity contribution >= 4 is 23.5 Å². The quantitative estimate of drug-likeness (QED) is 0.747. The highest BCUT2D eigenvalue weighted by Crippen LogP contribution is 2.19. The molecule has 0 N–H and O–H groups in total. The summed E-state index contributed by atoms with van der Waals surface area (Å²) in [6.45, 7) is 3.44. The molecule has 1 heterocycles. The van der Waals surface area contributed by atoms with Crippen LogP contribution in [-0.2, 0) is 20.7 Å². The second-order valence-electron chi connectivity index (χ2n) is 5.91. The van der Waals surface area contributed by atoms with E-state index < -0.39 is 0 Å². The second kappa shape index (κ2) is 8.92. The Morgan fingerprint density at radius 2 is 2.04 bits per heavy atom. The van der Waals surface area contributed by atoms with Gasteiger partial charge in [0.15, 0.2) is 0 Å². The third-order valence-electron chi connectivity index (χ3n) is 4.16. The highest BCUT2D eigenvalue weighted by Gasteiger charge is 2.28. The molecule has 1 saturated heterocycles. The molecule has 1 amide bonds. The molecular formula is C18H24ClNO3. The first kappa shape index (κ1) is 17.8. The van der Waals surface area contributed by atoms with Crippen molar-refractivity contribution in [3.63, 3.8) is 0 Å². The lowest BCUT2D eigenvalue weighted by Crippen LogP contribution is -2.42. The van der Waals surface area contributed by atoms with Crippen LogP contribution in [0.3, 0.4) is 0 Å². The number of esters is 1. The van der Waals surface area contributed by atoms with Crippen molar-refractivity contribution in [2.45, 2.75) is 39.0 Å². The van der Waals surface area contributed by atoms with Gasteiger partial charge in [0.1, 0.15) is 0 Å². The van der Waals surface area contributed by atoms with Crippen LogP contribution in [-0.4, -0.2) is 36.5 Å². The van der Waals surface area contributed by atoms with Crippen LogP contribution in [0.15, 0.2) is 24.3 Å². The number of ether oxygens (including phenoxy) is 1. The number of piperidine rings is 1. The molecule has 1 aliphatic heterocycles. The minimum atomic E-state index is -0.175. The maximum atomic E-state index is 12.3. The van der Waals surface area contributed by atoms with Crippen molar-refractivity contribution in [3.8, 4) is 0 Å². The number of hydrogen-bond acceptors (Lipinski definition) is 3. The molecule has 1 unspecified atom stereocenters. The van der Waals surface area contributed by atoms with Gasteiger partial charge in [0.05, 0.1) is 12.5 Å². The van der Waals surface area contributed by atoms with Gasteiger partial charge in [-0.05, 0) is 50.3 Å². The van der Waals surface area contributed by atoms with E-state index in [0.717, 1.165) is 37.3 Å². The molecule has 0 radical (unpaired) electrons. The van der Waals surface area contributed by atoms with E-state index >= 15 is 0 Å². The molecule has 0 saturated carbocycles. The Kier molecular flexibility index (Phi) is 6.90. The highest BCUT2D eigenvalue weighted by molar-refractivity contribution is 6.30. The number of benzene rings is 1. The number of nitrogens with zero attached hydrogens (tertiary/aromatic N) is 1. The van der Waals surface area contributed by atoms with Crippen molar-refractivity contribution in [1.82, 2.24) is 4.90 Å². The molecule has 1 aliphatic rings. The SMILES string of the molecule is CCOC(=O)C1CCCN(C(=O)CCCc2ccc(Cl)cc2)C1. The summed E-state index contributed by atoms with van der Waals surface area (Å²) in [4.78, 5) is 26.0. The third kappa shape index (κ3) is 5.54. The lowest BCUT2D eigenvalue weighted by atomic mass is 9.97. The molecule has 0 aliphatic carbocycles. The summed E-state index contributed by atoms with van der Waals surface area (Å²) in [6.07, 6.45) is 3.86. The average molecular weight is 338 g/mol. The Morgan fingerprint density at radius 3 is 2.74 bits per heavy atom. The van der Waals surface area contributed by atoms with Gasteiger partial charge in [-0.2, -0.15) is 0 Å². The summed E-state index contributed by atoms with van der Waals surface area (Å²) in [7, 11) is 0. The van der Waals surface area contributed by atoms with E-state index in [1.165, 1.54) is 5.56 Å². The predicted octanol–water partition coefficient (Wildman–Crippen LogP) is 3.46. The molecule has 2 rings (SSSR count). The molecule has 1 aromatic carbocycles. The molecule has 1 fully saturated rings. The van der Waals surface area contributed by atoms with Crippen molar-refractivity contribution < 1.29 is 14.3 Å². The fourth-order valence-corrected chi connectivity index (χ4v) is 3.04. The molecule has 23 heavy (non-hydrogen) atoms. The molecule has 0 spiro atoms. The Balaban J connectivity index is 1.76. The average Bonchev–Trinajstić information content (AvgIpc) is 2.57. The molecule has 0 bridgehead atoms. The number of carbonyl (C=O) groups excluding carboxylic acids is 2. The minimum absolute atomic E-state index is 0.132. The van der Waals surface area contributed by atoms with E-state index in [-0.39, 0.29) is 17.8 Å². The zero-order valence-corrected chi connectivity index (χ0v) is 14.3. The summed E-state index contributed by atoms with van der Waals surface area (Å²) in [5.74, 6) is -0.206. The maximum absolute atomic E-state index is 12.3. The van der Waals surface area contributed by atoms with Crippen LogP contribution < -0.4 is 0 Å². The number of hydrogen-bond donors (Lipinski definition) is 0. The van der Waals surface area contributed by atoms with E-state index in [2.05, 4.69) is 0 Å². The molecule has 0 aromatic heterocycles. The number of carbonyl (C=O) groups is 2. The summed E-state index contributed by atoms with van der Waals surface area (Å²) in [6, 6.07) is 7.72. The first-order chi connectivity index (χ1) is 11.1. The van der Waals surface area contributed by atoms with E-state index in [4.69, 9.17) is 16.3 Å². The number of rotatable bonds is 6. The van der Waals surface area contributed by atoms with Gasteiger partial charge in [-0.15, -0.1) is 0 Å². The van der Waals surface area contributed by atoms with Crippen LogP contribution in [0.2, 0.25) is 5.02 Å². The van der Waals surface area contributed by atoms with Crippen LogP contribution >= 0.6 is 11.6 Å². The Morgan fingerprint density at radius 1 is 1.30 bits per heavy atom. The molecule has 126 valence electrons. The van der Waals surface area contributed by atoms with Gasteiger partial charge >= 0.3 is 5.97 Å². The topological polar surface area (TPSA) is 46.6 Å². The van der Waals surface area contributed by atoms with Crippen molar-refractivity contribution in [1.29, 1.82) is 0 Å². The number of aryl methyl sites for hydroxylation is 1. The predicted molar refractivity (Wildman–Crippen MR) is 90.3 cm³/mol. The number of halogens is 1. The fourth-order valence-electron chi connectivity index (χ4n) is 2.91. The molecular weight excluding hydrogens is 314 g/mol. The summed E-state index contributed by atoms with van der Waals surface area (Å²) in [5, 5.41) is 0.725. The highest BCUT2D eigenvalue weighted by atomic mass is 35.5. The van der Waals surface area contributed by atoms with Crippen LogP contribution in [0, 0.1) is 5.92 Å². The minimum Gasteiger partial charge on any atom is -0.466 e. The van der Waals surface area contributed by atoms with Gasteiger partial charge in [0, 0.05) is 24.5 Å². The molecule has 1 aromatic rings. The second-order valence-corrected chi connectivity index (χ2v) is 6.35. The third-order valence-corrected chi connectivity index (χ3v) is 4.42. The maximum Gasteiger partial charge on any atom is 0.310 e.